The molecule has 0 saturated heterocycles. The molecule has 26 heavy (non-hydrogen) atoms. The molecule has 7 heteroatoms. The molecule has 3 rings (SSSR count). The fraction of sp³-hybridized carbons (Fsp3) is 0.211. The van der Waals surface area contributed by atoms with Crippen molar-refractivity contribution in [3.8, 4) is 11.5 Å². The van der Waals surface area contributed by atoms with Crippen molar-refractivity contribution in [2.24, 2.45) is 0 Å². The van der Waals surface area contributed by atoms with Gasteiger partial charge in [0.15, 0.2) is 0 Å². The Labute approximate surface area is 155 Å². The zero-order valence-electron chi connectivity index (χ0n) is 14.6. The third-order valence-corrected chi connectivity index (χ3v) is 4.51. The van der Waals surface area contributed by atoms with E-state index in [1.807, 2.05) is 37.3 Å². The predicted octanol–water partition coefficient (Wildman–Crippen LogP) is 3.73. The van der Waals surface area contributed by atoms with Crippen LogP contribution in [0.2, 0.25) is 0 Å². The van der Waals surface area contributed by atoms with Gasteiger partial charge >= 0.3 is 0 Å². The molecule has 134 valence electrons. The zero-order valence-corrected chi connectivity index (χ0v) is 15.4. The number of ether oxygens (including phenoxy) is 2. The number of aryl methyl sites for hydroxylation is 1. The van der Waals surface area contributed by atoms with Crippen LogP contribution in [-0.2, 0) is 6.42 Å². The summed E-state index contributed by atoms with van der Waals surface area (Å²) in [6.07, 6.45) is 0.621. The summed E-state index contributed by atoms with van der Waals surface area (Å²) in [5.41, 5.74) is 1.61. The molecular formula is C19H19N3O3S. The molecule has 0 aliphatic carbocycles. The number of hydrogen-bond acceptors (Lipinski definition) is 6. The second-order valence-electron chi connectivity index (χ2n) is 5.57. The molecule has 1 heterocycles. The minimum absolute atomic E-state index is 0.277. The Balaban J connectivity index is 1.55. The van der Waals surface area contributed by atoms with Crippen LogP contribution in [0.4, 0.5) is 5.13 Å². The minimum Gasteiger partial charge on any atom is -0.496 e. The molecule has 3 aromatic rings. The van der Waals surface area contributed by atoms with Crippen LogP contribution in [0.25, 0.3) is 0 Å². The Kier molecular flexibility index (Phi) is 5.80. The molecule has 2 aromatic carbocycles. The number of benzene rings is 2. The number of nitrogens with one attached hydrogen (secondary N) is 1. The van der Waals surface area contributed by atoms with E-state index in [9.17, 15) is 4.79 Å². The fourth-order valence-electron chi connectivity index (χ4n) is 2.36. The number of anilines is 1. The van der Waals surface area contributed by atoms with Gasteiger partial charge in [-0.05, 0) is 36.8 Å². The second-order valence-corrected chi connectivity index (χ2v) is 6.63. The summed E-state index contributed by atoms with van der Waals surface area (Å²) in [5, 5.41) is 12.1. The Bertz CT molecular complexity index is 895. The molecule has 0 fully saturated rings. The maximum atomic E-state index is 12.4. The first-order valence-corrected chi connectivity index (χ1v) is 8.93. The van der Waals surface area contributed by atoms with Crippen LogP contribution in [-0.4, -0.2) is 29.8 Å². The molecule has 0 spiro atoms. The molecule has 0 bridgehead atoms. The van der Waals surface area contributed by atoms with E-state index in [1.165, 1.54) is 18.4 Å². The average molecular weight is 369 g/mol. The van der Waals surface area contributed by atoms with Gasteiger partial charge in [0.25, 0.3) is 5.91 Å². The predicted molar refractivity (Wildman–Crippen MR) is 101 cm³/mol. The molecule has 1 N–H and O–H groups in total. The van der Waals surface area contributed by atoms with Crippen molar-refractivity contribution in [3.05, 3.63) is 64.7 Å². The highest BCUT2D eigenvalue weighted by Crippen LogP contribution is 2.21. The summed E-state index contributed by atoms with van der Waals surface area (Å²) in [4.78, 5) is 12.4. The maximum absolute atomic E-state index is 12.4. The van der Waals surface area contributed by atoms with Crippen LogP contribution >= 0.6 is 11.3 Å². The van der Waals surface area contributed by atoms with Crippen LogP contribution in [0, 0.1) is 6.92 Å². The molecule has 6 nitrogen and oxygen atoms in total. The van der Waals surface area contributed by atoms with Gasteiger partial charge in [-0.15, -0.1) is 10.2 Å². The van der Waals surface area contributed by atoms with Crippen molar-refractivity contribution in [3.63, 3.8) is 0 Å². The quantitative estimate of drug-likeness (QED) is 0.687. The van der Waals surface area contributed by atoms with Gasteiger partial charge in [-0.25, -0.2) is 0 Å². The van der Waals surface area contributed by atoms with Crippen LogP contribution < -0.4 is 14.8 Å². The highest BCUT2D eigenvalue weighted by atomic mass is 32.1. The van der Waals surface area contributed by atoms with Gasteiger partial charge < -0.3 is 9.47 Å². The first kappa shape index (κ1) is 17.9. The summed E-state index contributed by atoms with van der Waals surface area (Å²) >= 11 is 1.33. The van der Waals surface area contributed by atoms with Gasteiger partial charge in [-0.3, -0.25) is 10.1 Å². The lowest BCUT2D eigenvalue weighted by Crippen LogP contribution is -2.12. The van der Waals surface area contributed by atoms with Gasteiger partial charge in [-0.2, -0.15) is 0 Å². The van der Waals surface area contributed by atoms with E-state index in [0.717, 1.165) is 16.3 Å². The summed E-state index contributed by atoms with van der Waals surface area (Å²) in [7, 11) is 1.53. The molecule has 0 aliphatic rings. The number of carbonyl (C=O) groups excluding carboxylic acids is 1. The van der Waals surface area contributed by atoms with E-state index in [1.54, 1.807) is 18.2 Å². The van der Waals surface area contributed by atoms with Gasteiger partial charge in [0.05, 0.1) is 19.3 Å². The topological polar surface area (TPSA) is 73.3 Å². The maximum Gasteiger partial charge on any atom is 0.261 e. The number of hydrogen-bond donors (Lipinski definition) is 1. The lowest BCUT2D eigenvalue weighted by molar-refractivity contribution is 0.102. The van der Waals surface area contributed by atoms with Crippen molar-refractivity contribution in [1.29, 1.82) is 0 Å². The summed E-state index contributed by atoms with van der Waals surface area (Å²) in [5.74, 6) is 1.07. The van der Waals surface area contributed by atoms with Crippen molar-refractivity contribution in [1.82, 2.24) is 10.2 Å². The van der Waals surface area contributed by atoms with E-state index < -0.39 is 0 Å². The molecule has 0 saturated carbocycles. The molecule has 0 radical (unpaired) electrons. The van der Waals surface area contributed by atoms with Gasteiger partial charge in [-0.1, -0.05) is 35.6 Å². The Morgan fingerprint density at radius 3 is 2.81 bits per heavy atom. The van der Waals surface area contributed by atoms with Crippen LogP contribution in [0.3, 0.4) is 0 Å². The number of para-hydroxylation sites is 1. The summed E-state index contributed by atoms with van der Waals surface area (Å²) in [6, 6.07) is 14.9. The highest BCUT2D eigenvalue weighted by molar-refractivity contribution is 7.15. The standard InChI is InChI=1S/C19H19N3O3S/c1-13-6-5-7-14(12-13)25-11-10-17-21-22-19(26-17)20-18(23)15-8-3-4-9-16(15)24-2/h3-9,12H,10-11H2,1-2H3,(H,20,22,23). The van der Waals surface area contributed by atoms with Gasteiger partial charge in [0.2, 0.25) is 5.13 Å². The van der Waals surface area contributed by atoms with E-state index in [2.05, 4.69) is 15.5 Å². The Morgan fingerprint density at radius 1 is 1.15 bits per heavy atom. The fourth-order valence-corrected chi connectivity index (χ4v) is 3.08. The van der Waals surface area contributed by atoms with Gasteiger partial charge in [0, 0.05) is 6.42 Å². The summed E-state index contributed by atoms with van der Waals surface area (Å²) < 4.78 is 10.9. The van der Waals surface area contributed by atoms with E-state index in [-0.39, 0.29) is 5.91 Å². The lowest BCUT2D eigenvalue weighted by Gasteiger charge is -2.06. The number of methoxy groups -OCH3 is 1. The average Bonchev–Trinajstić information content (AvgIpc) is 3.09. The lowest BCUT2D eigenvalue weighted by atomic mass is 10.2. The normalized spacial score (nSPS) is 10.4. The molecular weight excluding hydrogens is 350 g/mol. The molecule has 1 amide bonds. The number of amides is 1. The largest absolute Gasteiger partial charge is 0.496 e. The first-order valence-electron chi connectivity index (χ1n) is 8.12. The monoisotopic (exact) mass is 369 g/mol. The van der Waals surface area contributed by atoms with E-state index in [4.69, 9.17) is 9.47 Å². The number of rotatable bonds is 7. The van der Waals surface area contributed by atoms with Crippen molar-refractivity contribution < 1.29 is 14.3 Å². The minimum atomic E-state index is -0.277. The van der Waals surface area contributed by atoms with Crippen molar-refractivity contribution >= 4 is 22.4 Å². The number of nitrogens with zero attached hydrogens (tertiary/aromatic N) is 2. The van der Waals surface area contributed by atoms with E-state index >= 15 is 0 Å². The van der Waals surface area contributed by atoms with E-state index in [0.29, 0.717) is 29.5 Å². The first-order chi connectivity index (χ1) is 12.7. The van der Waals surface area contributed by atoms with Crippen molar-refractivity contribution in [2.45, 2.75) is 13.3 Å². The zero-order chi connectivity index (χ0) is 18.4. The SMILES string of the molecule is COc1ccccc1C(=O)Nc1nnc(CCOc2cccc(C)c2)s1. The summed E-state index contributed by atoms with van der Waals surface area (Å²) in [6.45, 7) is 2.52. The molecule has 0 aliphatic heterocycles. The smallest absolute Gasteiger partial charge is 0.261 e. The highest BCUT2D eigenvalue weighted by Gasteiger charge is 2.14. The van der Waals surface area contributed by atoms with Crippen LogP contribution in [0.1, 0.15) is 20.9 Å². The molecule has 0 unspecified atom stereocenters. The Morgan fingerprint density at radius 2 is 2.00 bits per heavy atom. The third-order valence-electron chi connectivity index (χ3n) is 3.61. The van der Waals surface area contributed by atoms with Crippen molar-refractivity contribution in [2.75, 3.05) is 19.0 Å². The number of aromatic nitrogens is 2. The molecule has 1 aromatic heterocycles. The van der Waals surface area contributed by atoms with Crippen LogP contribution in [0.15, 0.2) is 48.5 Å². The van der Waals surface area contributed by atoms with Crippen LogP contribution in [0.5, 0.6) is 11.5 Å². The third kappa shape index (κ3) is 4.58. The Hall–Kier alpha value is -2.93. The van der Waals surface area contributed by atoms with Gasteiger partial charge in [0.1, 0.15) is 16.5 Å². The molecule has 0 atom stereocenters. The second kappa shape index (κ2) is 8.44. The number of carbonyl (C=O) groups is 1.